The Balaban J connectivity index is 2.04. The number of nitrogens with one attached hydrogen (secondary N) is 1. The monoisotopic (exact) mass is 246 g/mol. The van der Waals surface area contributed by atoms with Gasteiger partial charge < -0.3 is 5.32 Å². The summed E-state index contributed by atoms with van der Waals surface area (Å²) in [6.07, 6.45) is 10.3. The number of anilines is 2. The third-order valence-electron chi connectivity index (χ3n) is 2.73. The first-order valence-corrected chi connectivity index (χ1v) is 5.75. The molecule has 4 nitrogen and oxygen atoms in total. The van der Waals surface area contributed by atoms with Crippen LogP contribution in [0.25, 0.3) is 10.9 Å². The second-order valence-electron chi connectivity index (χ2n) is 3.97. The van der Waals surface area contributed by atoms with Crippen LogP contribution in [0.3, 0.4) is 0 Å². The van der Waals surface area contributed by atoms with Crippen molar-refractivity contribution in [1.82, 2.24) is 15.0 Å². The van der Waals surface area contributed by atoms with Crippen molar-refractivity contribution in [3.63, 3.8) is 0 Å². The van der Waals surface area contributed by atoms with Crippen LogP contribution >= 0.6 is 0 Å². The molecule has 0 aliphatic rings. The maximum atomic E-state index is 5.39. The highest BCUT2D eigenvalue weighted by atomic mass is 15.0. The van der Waals surface area contributed by atoms with Gasteiger partial charge >= 0.3 is 0 Å². The van der Waals surface area contributed by atoms with Crippen molar-refractivity contribution >= 4 is 22.4 Å². The van der Waals surface area contributed by atoms with Crippen LogP contribution < -0.4 is 5.32 Å². The molecule has 0 radical (unpaired) electrons. The fourth-order valence-corrected chi connectivity index (χ4v) is 1.83. The summed E-state index contributed by atoms with van der Waals surface area (Å²) in [4.78, 5) is 12.5. The number of pyridine rings is 1. The molecule has 0 amide bonds. The molecule has 3 aromatic rings. The average molecular weight is 246 g/mol. The van der Waals surface area contributed by atoms with E-state index in [9.17, 15) is 0 Å². The topological polar surface area (TPSA) is 50.7 Å². The van der Waals surface area contributed by atoms with Crippen LogP contribution in [0, 0.1) is 12.3 Å². The fraction of sp³-hybridized carbons (Fsp3) is 0. The van der Waals surface area contributed by atoms with Crippen LogP contribution in [-0.4, -0.2) is 15.0 Å². The van der Waals surface area contributed by atoms with Crippen molar-refractivity contribution < 1.29 is 0 Å². The predicted molar refractivity (Wildman–Crippen MR) is 75.0 cm³/mol. The van der Waals surface area contributed by atoms with Crippen LogP contribution in [0.4, 0.5) is 11.5 Å². The Hall–Kier alpha value is -2.93. The number of fused-ring (bicyclic) bond motifs is 1. The fourth-order valence-electron chi connectivity index (χ4n) is 1.83. The zero-order valence-electron chi connectivity index (χ0n) is 10.0. The van der Waals surface area contributed by atoms with Gasteiger partial charge in [-0.3, -0.25) is 4.98 Å². The average Bonchev–Trinajstić information content (AvgIpc) is 2.48. The van der Waals surface area contributed by atoms with Gasteiger partial charge in [-0.25, -0.2) is 9.97 Å². The molecule has 0 saturated carbocycles. The zero-order chi connectivity index (χ0) is 13.1. The molecule has 90 valence electrons. The molecular weight excluding hydrogens is 236 g/mol. The Bertz CT molecular complexity index is 769. The Kier molecular flexibility index (Phi) is 2.79. The van der Waals surface area contributed by atoms with E-state index >= 15 is 0 Å². The van der Waals surface area contributed by atoms with Gasteiger partial charge in [-0.05, 0) is 24.3 Å². The first-order valence-electron chi connectivity index (χ1n) is 5.75. The Morgan fingerprint density at radius 2 is 2.11 bits per heavy atom. The van der Waals surface area contributed by atoms with Crippen LogP contribution in [-0.2, 0) is 0 Å². The van der Waals surface area contributed by atoms with E-state index in [0.29, 0.717) is 0 Å². The Labute approximate surface area is 110 Å². The molecule has 1 N–H and O–H groups in total. The van der Waals surface area contributed by atoms with E-state index in [1.807, 2.05) is 30.3 Å². The summed E-state index contributed by atoms with van der Waals surface area (Å²) >= 11 is 0. The van der Waals surface area contributed by atoms with Gasteiger partial charge in [-0.2, -0.15) is 0 Å². The van der Waals surface area contributed by atoms with Gasteiger partial charge in [0.05, 0.1) is 11.7 Å². The molecule has 0 saturated heterocycles. The van der Waals surface area contributed by atoms with Gasteiger partial charge in [0.1, 0.15) is 12.1 Å². The van der Waals surface area contributed by atoms with Crippen molar-refractivity contribution in [1.29, 1.82) is 0 Å². The minimum atomic E-state index is 0.738. The first-order chi connectivity index (χ1) is 9.36. The lowest BCUT2D eigenvalue weighted by Crippen LogP contribution is -1.96. The molecular formula is C15H10N4. The van der Waals surface area contributed by atoms with Crippen LogP contribution in [0.5, 0.6) is 0 Å². The van der Waals surface area contributed by atoms with E-state index in [4.69, 9.17) is 6.42 Å². The molecule has 3 rings (SSSR count). The smallest absolute Gasteiger partial charge is 0.141 e. The standard InChI is InChI=1S/C15H10N4/c1-2-11-4-3-5-12(8-11)19-15-13-6-7-16-9-14(13)17-10-18-15/h1,3-10H,(H,17,18,19). The molecule has 0 bridgehead atoms. The second-order valence-corrected chi connectivity index (χ2v) is 3.97. The van der Waals surface area contributed by atoms with E-state index in [1.165, 1.54) is 6.33 Å². The van der Waals surface area contributed by atoms with E-state index in [0.717, 1.165) is 28.0 Å². The van der Waals surface area contributed by atoms with E-state index in [-0.39, 0.29) is 0 Å². The molecule has 2 heterocycles. The van der Waals surface area contributed by atoms with Crippen molar-refractivity contribution in [2.75, 3.05) is 5.32 Å². The third kappa shape index (κ3) is 2.22. The summed E-state index contributed by atoms with van der Waals surface area (Å²) in [5.74, 6) is 3.35. The number of terminal acetylenes is 1. The van der Waals surface area contributed by atoms with E-state index < -0.39 is 0 Å². The molecule has 0 spiro atoms. The minimum absolute atomic E-state index is 0.738. The van der Waals surface area contributed by atoms with Gasteiger partial charge in [0.25, 0.3) is 0 Å². The Morgan fingerprint density at radius 3 is 3.00 bits per heavy atom. The first kappa shape index (κ1) is 11.2. The third-order valence-corrected chi connectivity index (χ3v) is 2.73. The number of nitrogens with zero attached hydrogens (tertiary/aromatic N) is 3. The lowest BCUT2D eigenvalue weighted by atomic mass is 10.2. The summed E-state index contributed by atoms with van der Waals surface area (Å²) in [6, 6.07) is 9.50. The van der Waals surface area contributed by atoms with Gasteiger partial charge in [-0.15, -0.1) is 6.42 Å². The maximum absolute atomic E-state index is 5.39. The quantitative estimate of drug-likeness (QED) is 0.706. The van der Waals surface area contributed by atoms with Crippen LogP contribution in [0.15, 0.2) is 49.1 Å². The molecule has 0 fully saturated rings. The molecule has 0 aliphatic carbocycles. The molecule has 0 unspecified atom stereocenters. The van der Waals surface area contributed by atoms with Crippen LogP contribution in [0.1, 0.15) is 5.56 Å². The van der Waals surface area contributed by atoms with Crippen molar-refractivity contribution in [2.45, 2.75) is 0 Å². The van der Waals surface area contributed by atoms with E-state index in [1.54, 1.807) is 12.4 Å². The largest absolute Gasteiger partial charge is 0.340 e. The highest BCUT2D eigenvalue weighted by molar-refractivity contribution is 5.89. The highest BCUT2D eigenvalue weighted by Crippen LogP contribution is 2.22. The lowest BCUT2D eigenvalue weighted by molar-refractivity contribution is 1.20. The van der Waals surface area contributed by atoms with Crippen molar-refractivity contribution in [3.05, 3.63) is 54.6 Å². The van der Waals surface area contributed by atoms with Crippen molar-refractivity contribution in [3.8, 4) is 12.3 Å². The summed E-state index contributed by atoms with van der Waals surface area (Å²) in [5.41, 5.74) is 2.52. The predicted octanol–water partition coefficient (Wildman–Crippen LogP) is 2.75. The molecule has 0 atom stereocenters. The van der Waals surface area contributed by atoms with Gasteiger partial charge in [0.15, 0.2) is 0 Å². The summed E-state index contributed by atoms with van der Waals surface area (Å²) < 4.78 is 0. The summed E-state index contributed by atoms with van der Waals surface area (Å²) in [6.45, 7) is 0. The van der Waals surface area contributed by atoms with Crippen molar-refractivity contribution in [2.24, 2.45) is 0 Å². The molecule has 4 heteroatoms. The number of hydrogen-bond acceptors (Lipinski definition) is 4. The Morgan fingerprint density at radius 1 is 1.16 bits per heavy atom. The highest BCUT2D eigenvalue weighted by Gasteiger charge is 2.03. The summed E-state index contributed by atoms with van der Waals surface area (Å²) in [7, 11) is 0. The van der Waals surface area contributed by atoms with E-state index in [2.05, 4.69) is 26.2 Å². The number of aromatic nitrogens is 3. The maximum Gasteiger partial charge on any atom is 0.141 e. The zero-order valence-corrected chi connectivity index (χ0v) is 10.0. The normalized spacial score (nSPS) is 10.1. The van der Waals surface area contributed by atoms with Gasteiger partial charge in [0.2, 0.25) is 0 Å². The molecule has 0 aliphatic heterocycles. The lowest BCUT2D eigenvalue weighted by Gasteiger charge is -2.08. The number of hydrogen-bond donors (Lipinski definition) is 1. The minimum Gasteiger partial charge on any atom is -0.340 e. The SMILES string of the molecule is C#Cc1cccc(Nc2ncnc3cnccc23)c1. The van der Waals surface area contributed by atoms with Gasteiger partial charge in [0, 0.05) is 22.8 Å². The van der Waals surface area contributed by atoms with Gasteiger partial charge in [-0.1, -0.05) is 12.0 Å². The molecule has 19 heavy (non-hydrogen) atoms. The second kappa shape index (κ2) is 4.75. The van der Waals surface area contributed by atoms with Crippen LogP contribution in [0.2, 0.25) is 0 Å². The number of benzene rings is 1. The number of rotatable bonds is 2. The molecule has 2 aromatic heterocycles. The molecule has 1 aromatic carbocycles. The summed E-state index contributed by atoms with van der Waals surface area (Å²) in [5, 5.41) is 4.17.